The van der Waals surface area contributed by atoms with Crippen molar-refractivity contribution >= 4 is 17.4 Å². The first-order valence-electron chi connectivity index (χ1n) is 5.39. The molecule has 1 N–H and O–H groups in total. The minimum atomic E-state index is 0.374. The van der Waals surface area contributed by atoms with Gasteiger partial charge < -0.3 is 5.32 Å². The molecule has 0 aliphatic heterocycles. The molecule has 0 atom stereocenters. The normalized spacial score (nSPS) is 10.8. The fourth-order valence-electron chi connectivity index (χ4n) is 1.35. The van der Waals surface area contributed by atoms with Crippen molar-refractivity contribution in [3.05, 3.63) is 35.5 Å². The molecule has 0 amide bonds. The first kappa shape index (κ1) is 11.9. The Labute approximate surface area is 105 Å². The first-order chi connectivity index (χ1) is 8.15. The van der Waals surface area contributed by atoms with Crippen LogP contribution in [0.1, 0.15) is 25.5 Å². The Morgan fingerprint density at radius 3 is 2.71 bits per heavy atom. The molecule has 2 aromatic heterocycles. The molecule has 0 aliphatic rings. The second-order valence-corrected chi connectivity index (χ2v) is 4.39. The lowest BCUT2D eigenvalue weighted by Crippen LogP contribution is -2.02. The van der Waals surface area contributed by atoms with E-state index >= 15 is 0 Å². The van der Waals surface area contributed by atoms with Crippen LogP contribution in [0.3, 0.4) is 0 Å². The van der Waals surface area contributed by atoms with E-state index in [1.54, 1.807) is 6.20 Å². The maximum atomic E-state index is 5.65. The highest BCUT2D eigenvalue weighted by molar-refractivity contribution is 6.29. The zero-order chi connectivity index (χ0) is 12.3. The summed E-state index contributed by atoms with van der Waals surface area (Å²) in [4.78, 5) is 8.05. The third-order valence-corrected chi connectivity index (χ3v) is 2.47. The number of nitrogens with one attached hydrogen (secondary N) is 1. The molecule has 0 saturated carbocycles. The van der Waals surface area contributed by atoms with Gasteiger partial charge in [0, 0.05) is 24.3 Å². The molecule has 0 aromatic carbocycles. The van der Waals surface area contributed by atoms with Crippen LogP contribution >= 0.6 is 11.6 Å². The molecule has 0 unspecified atom stereocenters. The van der Waals surface area contributed by atoms with Crippen molar-refractivity contribution in [3.8, 4) is 0 Å². The minimum Gasteiger partial charge on any atom is -0.365 e. The average Bonchev–Trinajstić information content (AvgIpc) is 2.77. The highest BCUT2D eigenvalue weighted by Crippen LogP contribution is 2.09. The summed E-state index contributed by atoms with van der Waals surface area (Å²) in [5.74, 6) is 0.701. The Balaban J connectivity index is 1.95. The van der Waals surface area contributed by atoms with Crippen LogP contribution in [0, 0.1) is 0 Å². The maximum Gasteiger partial charge on any atom is 0.147 e. The third kappa shape index (κ3) is 3.17. The van der Waals surface area contributed by atoms with Crippen LogP contribution in [0.15, 0.2) is 24.8 Å². The van der Waals surface area contributed by atoms with Crippen LogP contribution in [0.2, 0.25) is 5.15 Å². The molecule has 0 aliphatic carbocycles. The van der Waals surface area contributed by atoms with Gasteiger partial charge in [-0.15, -0.1) is 0 Å². The second-order valence-electron chi connectivity index (χ2n) is 4.00. The van der Waals surface area contributed by atoms with E-state index in [9.17, 15) is 0 Å². The zero-order valence-corrected chi connectivity index (χ0v) is 10.5. The molecule has 2 heterocycles. The van der Waals surface area contributed by atoms with Crippen LogP contribution in [-0.4, -0.2) is 19.7 Å². The number of nitrogens with zero attached hydrogens (tertiary/aromatic N) is 4. The number of hydrogen-bond donors (Lipinski definition) is 1. The zero-order valence-electron chi connectivity index (χ0n) is 9.76. The van der Waals surface area contributed by atoms with Gasteiger partial charge in [-0.25, -0.2) is 9.97 Å². The predicted molar refractivity (Wildman–Crippen MR) is 67.0 cm³/mol. The third-order valence-electron chi connectivity index (χ3n) is 2.28. The SMILES string of the molecule is CC(C)n1cc(CNc2cnc(Cl)cn2)cn1. The van der Waals surface area contributed by atoms with Crippen LogP contribution in [0.4, 0.5) is 5.82 Å². The van der Waals surface area contributed by atoms with Crippen LogP contribution in [0.5, 0.6) is 0 Å². The number of halogens is 1. The lowest BCUT2D eigenvalue weighted by Gasteiger charge is -2.04. The maximum absolute atomic E-state index is 5.65. The molecule has 0 fully saturated rings. The van der Waals surface area contributed by atoms with Gasteiger partial charge in [0.1, 0.15) is 11.0 Å². The van der Waals surface area contributed by atoms with Gasteiger partial charge in [-0.05, 0) is 13.8 Å². The number of hydrogen-bond acceptors (Lipinski definition) is 4. The van der Waals surface area contributed by atoms with E-state index in [2.05, 4.69) is 34.2 Å². The van der Waals surface area contributed by atoms with E-state index < -0.39 is 0 Å². The van der Waals surface area contributed by atoms with Crippen molar-refractivity contribution in [1.82, 2.24) is 19.7 Å². The van der Waals surface area contributed by atoms with Crippen molar-refractivity contribution in [2.24, 2.45) is 0 Å². The monoisotopic (exact) mass is 251 g/mol. The van der Waals surface area contributed by atoms with E-state index in [1.165, 1.54) is 6.20 Å². The molecular formula is C11H14ClN5. The van der Waals surface area contributed by atoms with Crippen LogP contribution in [0.25, 0.3) is 0 Å². The van der Waals surface area contributed by atoms with Gasteiger partial charge in [0.25, 0.3) is 0 Å². The van der Waals surface area contributed by atoms with Gasteiger partial charge in [0.15, 0.2) is 0 Å². The smallest absolute Gasteiger partial charge is 0.147 e. The minimum absolute atomic E-state index is 0.374. The van der Waals surface area contributed by atoms with E-state index in [1.807, 2.05) is 17.1 Å². The van der Waals surface area contributed by atoms with Crippen molar-refractivity contribution in [3.63, 3.8) is 0 Å². The van der Waals surface area contributed by atoms with E-state index in [-0.39, 0.29) is 0 Å². The summed E-state index contributed by atoms with van der Waals surface area (Å²) in [5, 5.41) is 7.81. The van der Waals surface area contributed by atoms with Gasteiger partial charge >= 0.3 is 0 Å². The molecule has 2 rings (SSSR count). The lowest BCUT2D eigenvalue weighted by molar-refractivity contribution is 0.532. The highest BCUT2D eigenvalue weighted by Gasteiger charge is 2.02. The Bertz CT molecular complexity index is 477. The van der Waals surface area contributed by atoms with Crippen LogP contribution < -0.4 is 5.32 Å². The second kappa shape index (κ2) is 5.14. The summed E-state index contributed by atoms with van der Waals surface area (Å²) >= 11 is 5.65. The van der Waals surface area contributed by atoms with Gasteiger partial charge in [0.05, 0.1) is 18.6 Å². The molecular weight excluding hydrogens is 238 g/mol. The van der Waals surface area contributed by atoms with Crippen molar-refractivity contribution in [1.29, 1.82) is 0 Å². The Hall–Kier alpha value is -1.62. The molecule has 0 bridgehead atoms. The largest absolute Gasteiger partial charge is 0.365 e. The lowest BCUT2D eigenvalue weighted by atomic mass is 10.3. The number of rotatable bonds is 4. The Kier molecular flexibility index (Phi) is 3.58. The van der Waals surface area contributed by atoms with E-state index in [0.29, 0.717) is 23.6 Å². The fourth-order valence-corrected chi connectivity index (χ4v) is 1.44. The van der Waals surface area contributed by atoms with E-state index in [4.69, 9.17) is 11.6 Å². The molecule has 0 spiro atoms. The average molecular weight is 252 g/mol. The molecule has 17 heavy (non-hydrogen) atoms. The first-order valence-corrected chi connectivity index (χ1v) is 5.77. The van der Waals surface area contributed by atoms with Gasteiger partial charge in [-0.1, -0.05) is 11.6 Å². The summed E-state index contributed by atoms with van der Waals surface area (Å²) in [6, 6.07) is 0.374. The molecule has 5 nitrogen and oxygen atoms in total. The van der Waals surface area contributed by atoms with Crippen LogP contribution in [-0.2, 0) is 6.54 Å². The van der Waals surface area contributed by atoms with Gasteiger partial charge in [-0.2, -0.15) is 5.10 Å². The number of aromatic nitrogens is 4. The summed E-state index contributed by atoms with van der Waals surface area (Å²) in [6.45, 7) is 4.85. The molecule has 90 valence electrons. The topological polar surface area (TPSA) is 55.6 Å². The van der Waals surface area contributed by atoms with Crippen molar-refractivity contribution in [2.45, 2.75) is 26.4 Å². The van der Waals surface area contributed by atoms with Gasteiger partial charge in [-0.3, -0.25) is 4.68 Å². The molecule has 0 saturated heterocycles. The van der Waals surface area contributed by atoms with Crippen molar-refractivity contribution in [2.75, 3.05) is 5.32 Å². The molecule has 0 radical (unpaired) electrons. The summed E-state index contributed by atoms with van der Waals surface area (Å²) < 4.78 is 1.92. The summed E-state index contributed by atoms with van der Waals surface area (Å²) in [7, 11) is 0. The fraction of sp³-hybridized carbons (Fsp3) is 0.364. The summed E-state index contributed by atoms with van der Waals surface area (Å²) in [6.07, 6.45) is 6.98. The summed E-state index contributed by atoms with van der Waals surface area (Å²) in [5.41, 5.74) is 1.11. The highest BCUT2D eigenvalue weighted by atomic mass is 35.5. The molecule has 6 heteroatoms. The number of anilines is 1. The Morgan fingerprint density at radius 2 is 2.12 bits per heavy atom. The quantitative estimate of drug-likeness (QED) is 0.907. The Morgan fingerprint density at radius 1 is 1.29 bits per heavy atom. The van der Waals surface area contributed by atoms with Gasteiger partial charge in [0.2, 0.25) is 0 Å². The predicted octanol–water partition coefficient (Wildman–Crippen LogP) is 2.52. The molecule has 2 aromatic rings. The van der Waals surface area contributed by atoms with Crippen molar-refractivity contribution < 1.29 is 0 Å². The standard InChI is InChI=1S/C11H14ClN5/c1-8(2)17-7-9(4-16-17)3-14-11-6-13-10(12)5-15-11/h4-8H,3H2,1-2H3,(H,14,15). The van der Waals surface area contributed by atoms with E-state index in [0.717, 1.165) is 5.56 Å².